The van der Waals surface area contributed by atoms with Crippen LogP contribution in [0.4, 0.5) is 11.6 Å². The highest BCUT2D eigenvalue weighted by atomic mass is 32.1. The standard InChI is InChI=1S/C13H18N4OS/c1-4-9-5-6-19-10(9)7-15-13-11(18-3)12(14-2)16-8-17-13/h5-6,8H,4,7H2,1-3H3,(H2,14,15,16,17). The summed E-state index contributed by atoms with van der Waals surface area (Å²) in [5.41, 5.74) is 1.37. The number of rotatable bonds is 6. The molecule has 5 nitrogen and oxygen atoms in total. The van der Waals surface area contributed by atoms with Gasteiger partial charge in [-0.25, -0.2) is 9.97 Å². The smallest absolute Gasteiger partial charge is 0.204 e. The van der Waals surface area contributed by atoms with Crippen molar-refractivity contribution in [3.8, 4) is 5.75 Å². The van der Waals surface area contributed by atoms with Gasteiger partial charge in [0.2, 0.25) is 5.75 Å². The molecule has 0 saturated carbocycles. The van der Waals surface area contributed by atoms with Gasteiger partial charge in [-0.3, -0.25) is 0 Å². The number of aryl methyl sites for hydroxylation is 1. The monoisotopic (exact) mass is 278 g/mol. The van der Waals surface area contributed by atoms with E-state index in [0.717, 1.165) is 13.0 Å². The Morgan fingerprint density at radius 1 is 1.32 bits per heavy atom. The number of anilines is 2. The van der Waals surface area contributed by atoms with Gasteiger partial charge in [-0.2, -0.15) is 0 Å². The molecule has 0 aliphatic rings. The first kappa shape index (κ1) is 13.6. The Morgan fingerprint density at radius 2 is 2.11 bits per heavy atom. The molecule has 2 heterocycles. The van der Waals surface area contributed by atoms with Crippen LogP contribution in [-0.2, 0) is 13.0 Å². The quantitative estimate of drug-likeness (QED) is 0.851. The Labute approximate surface area is 117 Å². The van der Waals surface area contributed by atoms with Gasteiger partial charge in [0.25, 0.3) is 0 Å². The Morgan fingerprint density at radius 3 is 2.79 bits per heavy atom. The summed E-state index contributed by atoms with van der Waals surface area (Å²) < 4.78 is 5.35. The minimum Gasteiger partial charge on any atom is -0.490 e. The van der Waals surface area contributed by atoms with Gasteiger partial charge >= 0.3 is 0 Å². The summed E-state index contributed by atoms with van der Waals surface area (Å²) in [5.74, 6) is 2.03. The van der Waals surface area contributed by atoms with Crippen LogP contribution < -0.4 is 15.4 Å². The molecule has 102 valence electrons. The lowest BCUT2D eigenvalue weighted by Gasteiger charge is -2.12. The third kappa shape index (κ3) is 2.96. The first-order valence-corrected chi connectivity index (χ1v) is 7.04. The second kappa shape index (κ2) is 6.38. The van der Waals surface area contributed by atoms with Crippen LogP contribution in [0.1, 0.15) is 17.4 Å². The molecule has 2 aromatic rings. The number of hydrogen-bond acceptors (Lipinski definition) is 6. The highest BCUT2D eigenvalue weighted by Crippen LogP contribution is 2.29. The van der Waals surface area contributed by atoms with E-state index < -0.39 is 0 Å². The molecule has 2 rings (SSSR count). The van der Waals surface area contributed by atoms with E-state index in [1.807, 2.05) is 7.05 Å². The summed E-state index contributed by atoms with van der Waals surface area (Å²) in [6.45, 7) is 2.91. The molecule has 6 heteroatoms. The Balaban J connectivity index is 2.15. The first-order valence-electron chi connectivity index (χ1n) is 6.16. The highest BCUT2D eigenvalue weighted by molar-refractivity contribution is 7.10. The van der Waals surface area contributed by atoms with Gasteiger partial charge in [0.15, 0.2) is 11.6 Å². The van der Waals surface area contributed by atoms with Gasteiger partial charge in [-0.15, -0.1) is 11.3 Å². The minimum absolute atomic E-state index is 0.639. The van der Waals surface area contributed by atoms with Crippen LogP contribution in [0.2, 0.25) is 0 Å². The van der Waals surface area contributed by atoms with E-state index in [1.165, 1.54) is 16.8 Å². The molecule has 2 N–H and O–H groups in total. The maximum Gasteiger partial charge on any atom is 0.204 e. The average molecular weight is 278 g/mol. The van der Waals surface area contributed by atoms with Crippen molar-refractivity contribution in [2.24, 2.45) is 0 Å². The molecular weight excluding hydrogens is 260 g/mol. The van der Waals surface area contributed by atoms with Crippen LogP contribution in [0.15, 0.2) is 17.8 Å². The number of thiophene rings is 1. The Hall–Kier alpha value is -1.82. The van der Waals surface area contributed by atoms with E-state index in [4.69, 9.17) is 4.74 Å². The molecule has 19 heavy (non-hydrogen) atoms. The third-order valence-corrected chi connectivity index (χ3v) is 3.84. The second-order valence-corrected chi connectivity index (χ2v) is 4.93. The second-order valence-electron chi connectivity index (χ2n) is 3.93. The van der Waals surface area contributed by atoms with E-state index in [2.05, 4.69) is 39.0 Å². The van der Waals surface area contributed by atoms with Crippen LogP contribution in [0.5, 0.6) is 5.75 Å². The fourth-order valence-corrected chi connectivity index (χ4v) is 2.79. The van der Waals surface area contributed by atoms with E-state index in [1.54, 1.807) is 18.4 Å². The molecule has 0 amide bonds. The molecular formula is C13H18N4OS. The predicted octanol–water partition coefficient (Wildman–Crippen LogP) is 2.76. The number of nitrogens with zero attached hydrogens (tertiary/aromatic N) is 2. The molecule has 2 aromatic heterocycles. The first-order chi connectivity index (χ1) is 9.30. The van der Waals surface area contributed by atoms with Crippen molar-refractivity contribution in [2.75, 3.05) is 24.8 Å². The molecule has 0 bridgehead atoms. The van der Waals surface area contributed by atoms with Crippen LogP contribution in [0, 0.1) is 0 Å². The van der Waals surface area contributed by atoms with E-state index >= 15 is 0 Å². The summed E-state index contributed by atoms with van der Waals surface area (Å²) in [6, 6.07) is 2.16. The topological polar surface area (TPSA) is 59.1 Å². The van der Waals surface area contributed by atoms with Crippen molar-refractivity contribution in [1.29, 1.82) is 0 Å². The zero-order valence-electron chi connectivity index (χ0n) is 11.4. The summed E-state index contributed by atoms with van der Waals surface area (Å²) in [5, 5.41) is 8.42. The molecule has 0 aliphatic heterocycles. The van der Waals surface area contributed by atoms with Crippen LogP contribution in [0.25, 0.3) is 0 Å². The lowest BCUT2D eigenvalue weighted by Crippen LogP contribution is -2.06. The van der Waals surface area contributed by atoms with Crippen molar-refractivity contribution in [1.82, 2.24) is 9.97 Å². The van der Waals surface area contributed by atoms with E-state index in [0.29, 0.717) is 17.4 Å². The molecule has 0 aromatic carbocycles. The van der Waals surface area contributed by atoms with E-state index in [9.17, 15) is 0 Å². The lowest BCUT2D eigenvalue weighted by atomic mass is 10.2. The molecule has 0 spiro atoms. The fraction of sp³-hybridized carbons (Fsp3) is 0.385. The van der Waals surface area contributed by atoms with Crippen LogP contribution >= 0.6 is 11.3 Å². The average Bonchev–Trinajstić information content (AvgIpc) is 2.91. The van der Waals surface area contributed by atoms with Gasteiger partial charge in [0.1, 0.15) is 6.33 Å². The van der Waals surface area contributed by atoms with Crippen LogP contribution in [0.3, 0.4) is 0 Å². The van der Waals surface area contributed by atoms with Gasteiger partial charge in [-0.1, -0.05) is 6.92 Å². The van der Waals surface area contributed by atoms with Gasteiger partial charge in [0, 0.05) is 11.9 Å². The number of methoxy groups -OCH3 is 1. The van der Waals surface area contributed by atoms with Gasteiger partial charge < -0.3 is 15.4 Å². The molecule has 0 atom stereocenters. The summed E-state index contributed by atoms with van der Waals surface area (Å²) in [6.07, 6.45) is 2.56. The van der Waals surface area contributed by atoms with Crippen LogP contribution in [-0.4, -0.2) is 24.1 Å². The Kier molecular flexibility index (Phi) is 4.57. The molecule has 0 fully saturated rings. The Bertz CT molecular complexity index is 541. The summed E-state index contributed by atoms with van der Waals surface area (Å²) in [7, 11) is 3.43. The minimum atomic E-state index is 0.639. The van der Waals surface area contributed by atoms with Crippen molar-refractivity contribution in [3.63, 3.8) is 0 Å². The highest BCUT2D eigenvalue weighted by Gasteiger charge is 2.11. The zero-order chi connectivity index (χ0) is 13.7. The van der Waals surface area contributed by atoms with Crippen molar-refractivity contribution < 1.29 is 4.74 Å². The van der Waals surface area contributed by atoms with Crippen molar-refractivity contribution in [2.45, 2.75) is 19.9 Å². The number of nitrogens with one attached hydrogen (secondary N) is 2. The fourth-order valence-electron chi connectivity index (χ4n) is 1.87. The summed E-state index contributed by atoms with van der Waals surface area (Å²) >= 11 is 1.75. The number of aromatic nitrogens is 2. The van der Waals surface area contributed by atoms with Gasteiger partial charge in [0.05, 0.1) is 13.7 Å². The maximum atomic E-state index is 5.35. The van der Waals surface area contributed by atoms with Crippen molar-refractivity contribution >= 4 is 23.0 Å². The normalized spacial score (nSPS) is 10.3. The molecule has 0 saturated heterocycles. The molecule has 0 aliphatic carbocycles. The maximum absolute atomic E-state index is 5.35. The third-order valence-electron chi connectivity index (χ3n) is 2.88. The van der Waals surface area contributed by atoms with E-state index in [-0.39, 0.29) is 0 Å². The zero-order valence-corrected chi connectivity index (χ0v) is 12.2. The van der Waals surface area contributed by atoms with Crippen molar-refractivity contribution in [3.05, 3.63) is 28.2 Å². The molecule has 0 unspecified atom stereocenters. The number of ether oxygens (including phenoxy) is 1. The molecule has 0 radical (unpaired) electrons. The lowest BCUT2D eigenvalue weighted by molar-refractivity contribution is 0.415. The summed E-state index contributed by atoms with van der Waals surface area (Å²) in [4.78, 5) is 9.68. The largest absolute Gasteiger partial charge is 0.490 e. The number of hydrogen-bond donors (Lipinski definition) is 2. The predicted molar refractivity (Wildman–Crippen MR) is 79.2 cm³/mol. The SMILES string of the molecule is CCc1ccsc1CNc1ncnc(NC)c1OC. The van der Waals surface area contributed by atoms with Gasteiger partial charge in [-0.05, 0) is 23.4 Å².